The first-order valence-corrected chi connectivity index (χ1v) is 12.3. The van der Waals surface area contributed by atoms with Crippen LogP contribution in [0.3, 0.4) is 0 Å². The standard InChI is InChI=1S/C22H26N6.C2HF3O2.CHF3.CH2O2/c1-4-28-20-13-18(17-7-5-6-16(2)12-17)24-19(14-23)22(20)25-21(28)15-27-10-8-26(3)9-11-27;3-2(4,5)1(6)7;2-1(3)4;2-1-3/h5-7,12-13H,4,8-11,15H2,1-3H3;(H,6,7);1H;1H,(H,2,3). The molecule has 1 aliphatic rings. The number of hydrogen-bond donors (Lipinski definition) is 2. The van der Waals surface area contributed by atoms with Crippen molar-refractivity contribution >= 4 is 23.5 Å². The van der Waals surface area contributed by atoms with Gasteiger partial charge in [-0.2, -0.15) is 31.6 Å². The molecule has 0 unspecified atom stereocenters. The maximum Gasteiger partial charge on any atom is 0.490 e. The lowest BCUT2D eigenvalue weighted by atomic mass is 10.1. The first-order valence-electron chi connectivity index (χ1n) is 12.3. The Morgan fingerprint density at radius 2 is 1.69 bits per heavy atom. The predicted octanol–water partition coefficient (Wildman–Crippen LogP) is 4.56. The van der Waals surface area contributed by atoms with E-state index in [9.17, 15) is 31.6 Å². The number of aryl methyl sites for hydroxylation is 2. The molecule has 1 saturated heterocycles. The number of aliphatic carboxylic acids is 1. The Bertz CT molecular complexity index is 1350. The van der Waals surface area contributed by atoms with E-state index in [1.165, 1.54) is 5.56 Å². The summed E-state index contributed by atoms with van der Waals surface area (Å²) in [5.41, 5.74) is 5.15. The first kappa shape index (κ1) is 35.8. The second-order valence-corrected chi connectivity index (χ2v) is 8.71. The van der Waals surface area contributed by atoms with Gasteiger partial charge in [0.05, 0.1) is 17.8 Å². The summed E-state index contributed by atoms with van der Waals surface area (Å²) in [6.45, 7) is 6.15. The lowest BCUT2D eigenvalue weighted by Crippen LogP contribution is -2.44. The van der Waals surface area contributed by atoms with E-state index in [0.29, 0.717) is 11.2 Å². The topological polar surface area (TPSA) is 136 Å². The molecule has 42 heavy (non-hydrogen) atoms. The molecule has 1 aromatic carbocycles. The third kappa shape index (κ3) is 11.3. The van der Waals surface area contributed by atoms with E-state index >= 15 is 0 Å². The van der Waals surface area contributed by atoms with Gasteiger partial charge in [0.2, 0.25) is 0 Å². The highest BCUT2D eigenvalue weighted by Crippen LogP contribution is 2.27. The van der Waals surface area contributed by atoms with Gasteiger partial charge in [-0.05, 0) is 33.0 Å². The van der Waals surface area contributed by atoms with Gasteiger partial charge in [-0.25, -0.2) is 14.8 Å². The number of pyridine rings is 1. The van der Waals surface area contributed by atoms with Gasteiger partial charge in [0, 0.05) is 38.3 Å². The Labute approximate surface area is 237 Å². The molecular formula is C26H30F6N6O4. The number of aromatic nitrogens is 3. The Morgan fingerprint density at radius 3 is 2.14 bits per heavy atom. The summed E-state index contributed by atoms with van der Waals surface area (Å²) < 4.78 is 63.0. The Morgan fingerprint density at radius 1 is 1.14 bits per heavy atom. The number of alkyl halides is 6. The molecule has 3 heterocycles. The molecule has 2 N–H and O–H groups in total. The van der Waals surface area contributed by atoms with Crippen LogP contribution in [0.1, 0.15) is 24.0 Å². The molecular weight excluding hydrogens is 574 g/mol. The van der Waals surface area contributed by atoms with Crippen molar-refractivity contribution in [2.24, 2.45) is 0 Å². The second-order valence-electron chi connectivity index (χ2n) is 8.71. The van der Waals surface area contributed by atoms with Crippen molar-refractivity contribution in [1.82, 2.24) is 24.3 Å². The van der Waals surface area contributed by atoms with E-state index in [2.05, 4.69) is 64.5 Å². The Balaban J connectivity index is 0.000000528. The summed E-state index contributed by atoms with van der Waals surface area (Å²) >= 11 is 0. The number of benzene rings is 1. The smallest absolute Gasteiger partial charge is 0.483 e. The third-order valence-electron chi connectivity index (χ3n) is 5.76. The number of carbonyl (C=O) groups is 2. The van der Waals surface area contributed by atoms with Crippen LogP contribution in [0, 0.1) is 18.3 Å². The minimum absolute atomic E-state index is 0.250. The quantitative estimate of drug-likeness (QED) is 0.325. The molecule has 3 aromatic rings. The number of carboxylic acids is 1. The number of rotatable bonds is 4. The summed E-state index contributed by atoms with van der Waals surface area (Å²) in [7, 11) is 2.16. The van der Waals surface area contributed by atoms with Crippen LogP contribution in [0.5, 0.6) is 0 Å². The molecule has 0 aliphatic carbocycles. The normalized spacial score (nSPS) is 13.5. The van der Waals surface area contributed by atoms with Gasteiger partial charge in [0.1, 0.15) is 17.4 Å². The largest absolute Gasteiger partial charge is 0.490 e. The molecule has 0 amide bonds. The van der Waals surface area contributed by atoms with E-state index in [1.54, 1.807) is 0 Å². The molecule has 0 spiro atoms. The van der Waals surface area contributed by atoms with E-state index in [-0.39, 0.29) is 6.47 Å². The van der Waals surface area contributed by atoms with Crippen LogP contribution in [0.2, 0.25) is 0 Å². The second kappa shape index (κ2) is 16.9. The monoisotopic (exact) mass is 604 g/mol. The van der Waals surface area contributed by atoms with Gasteiger partial charge >= 0.3 is 18.8 Å². The Hall–Kier alpha value is -4.23. The third-order valence-corrected chi connectivity index (χ3v) is 5.76. The van der Waals surface area contributed by atoms with Gasteiger partial charge in [-0.1, -0.05) is 23.8 Å². The van der Waals surface area contributed by atoms with Crippen LogP contribution in [0.4, 0.5) is 26.3 Å². The fraction of sp³-hybridized carbons (Fsp3) is 0.423. The average molecular weight is 605 g/mol. The number of imidazole rings is 1. The molecule has 0 saturated carbocycles. The van der Waals surface area contributed by atoms with Crippen molar-refractivity contribution in [3.63, 3.8) is 0 Å². The molecule has 10 nitrogen and oxygen atoms in total. The van der Waals surface area contributed by atoms with Crippen molar-refractivity contribution in [1.29, 1.82) is 5.26 Å². The summed E-state index contributed by atoms with van der Waals surface area (Å²) in [5, 5.41) is 23.7. The summed E-state index contributed by atoms with van der Waals surface area (Å²) in [6, 6.07) is 12.6. The zero-order valence-electron chi connectivity index (χ0n) is 22.9. The molecule has 1 fully saturated rings. The van der Waals surface area contributed by atoms with E-state index in [4.69, 9.17) is 24.8 Å². The van der Waals surface area contributed by atoms with Crippen molar-refractivity contribution in [3.05, 3.63) is 47.4 Å². The molecule has 0 bridgehead atoms. The molecule has 4 rings (SSSR count). The van der Waals surface area contributed by atoms with Crippen molar-refractivity contribution in [3.8, 4) is 17.3 Å². The van der Waals surface area contributed by atoms with Crippen LogP contribution in [-0.4, -0.2) is 93.1 Å². The fourth-order valence-corrected chi connectivity index (χ4v) is 3.88. The minimum atomic E-state index is -5.08. The van der Waals surface area contributed by atoms with Crippen LogP contribution in [0.15, 0.2) is 30.3 Å². The highest BCUT2D eigenvalue weighted by Gasteiger charge is 2.38. The average Bonchev–Trinajstić information content (AvgIpc) is 3.26. The van der Waals surface area contributed by atoms with E-state index in [1.807, 2.05) is 12.1 Å². The lowest BCUT2D eigenvalue weighted by molar-refractivity contribution is -0.192. The highest BCUT2D eigenvalue weighted by atomic mass is 19.4. The first-order chi connectivity index (χ1) is 19.7. The van der Waals surface area contributed by atoms with Gasteiger partial charge in [0.15, 0.2) is 5.69 Å². The molecule has 16 heteroatoms. The van der Waals surface area contributed by atoms with E-state index < -0.39 is 18.8 Å². The molecule has 0 radical (unpaired) electrons. The van der Waals surface area contributed by atoms with Crippen molar-refractivity contribution < 1.29 is 46.1 Å². The van der Waals surface area contributed by atoms with Gasteiger partial charge in [0.25, 0.3) is 6.47 Å². The van der Waals surface area contributed by atoms with Crippen LogP contribution in [-0.2, 0) is 22.7 Å². The van der Waals surface area contributed by atoms with Gasteiger partial charge in [-0.3, -0.25) is 9.69 Å². The maximum absolute atomic E-state index is 10.6. The molecule has 0 atom stereocenters. The van der Waals surface area contributed by atoms with Gasteiger partial charge in [-0.15, -0.1) is 0 Å². The number of halogens is 6. The van der Waals surface area contributed by atoms with Crippen LogP contribution < -0.4 is 0 Å². The summed E-state index contributed by atoms with van der Waals surface area (Å²) in [5.74, 6) is -1.74. The van der Waals surface area contributed by atoms with E-state index in [0.717, 1.165) is 61.9 Å². The number of hydrogen-bond acceptors (Lipinski definition) is 7. The molecule has 2 aromatic heterocycles. The maximum atomic E-state index is 10.6. The molecule has 1 aliphatic heterocycles. The predicted molar refractivity (Wildman–Crippen MR) is 140 cm³/mol. The summed E-state index contributed by atoms with van der Waals surface area (Å²) in [6.07, 6.45) is -5.08. The zero-order chi connectivity index (χ0) is 32.0. The number of likely N-dealkylation sites (N-methyl/N-ethyl adjacent to an activating group) is 1. The minimum Gasteiger partial charge on any atom is -0.483 e. The SMILES string of the molecule is CCn1c(CN2CCN(C)CC2)nc2c(C#N)nc(-c3cccc(C)c3)cc21.FC(F)F.O=C(O)C(F)(F)F.O=CO. The summed E-state index contributed by atoms with van der Waals surface area (Å²) in [4.78, 5) is 31.5. The lowest BCUT2D eigenvalue weighted by Gasteiger charge is -2.32. The van der Waals surface area contributed by atoms with Crippen molar-refractivity contribution in [2.75, 3.05) is 33.2 Å². The number of nitrogens with zero attached hydrogens (tertiary/aromatic N) is 6. The van der Waals surface area contributed by atoms with Crippen LogP contribution in [0.25, 0.3) is 22.3 Å². The van der Waals surface area contributed by atoms with Crippen LogP contribution >= 0.6 is 0 Å². The number of piperazine rings is 1. The van der Waals surface area contributed by atoms with Gasteiger partial charge < -0.3 is 19.7 Å². The zero-order valence-corrected chi connectivity index (χ0v) is 22.9. The van der Waals surface area contributed by atoms with Crippen molar-refractivity contribution in [2.45, 2.75) is 39.8 Å². The number of carboxylic acid groups (broad SMARTS) is 2. The molecule has 230 valence electrons. The number of fused-ring (bicyclic) bond motifs is 1. The highest BCUT2D eigenvalue weighted by molar-refractivity contribution is 5.85. The fourth-order valence-electron chi connectivity index (χ4n) is 3.88. The number of nitriles is 1. The Kier molecular flexibility index (Phi) is 14.4.